The number of ether oxygens (including phenoxy) is 2. The molecule has 0 radical (unpaired) electrons. The third-order valence-corrected chi connectivity index (χ3v) is 2.79. The molecule has 0 saturated heterocycles. The van der Waals surface area contributed by atoms with Crippen molar-refractivity contribution >= 4 is 11.9 Å². The summed E-state index contributed by atoms with van der Waals surface area (Å²) in [6, 6.07) is 6.68. The Hall–Kier alpha value is -2.87. The van der Waals surface area contributed by atoms with Gasteiger partial charge < -0.3 is 15.2 Å². The lowest BCUT2D eigenvalue weighted by Crippen LogP contribution is -2.31. The Balaban J connectivity index is 2.56. The summed E-state index contributed by atoms with van der Waals surface area (Å²) in [5.41, 5.74) is 8.79. The second-order valence-electron chi connectivity index (χ2n) is 4.04. The second-order valence-corrected chi connectivity index (χ2v) is 4.04. The number of hydrogen-bond acceptors (Lipinski definition) is 7. The highest BCUT2D eigenvalue weighted by Gasteiger charge is 2.14. The molecule has 110 valence electrons. The summed E-state index contributed by atoms with van der Waals surface area (Å²) >= 11 is 0. The SMILES string of the molecule is COc1ccc(-c2cc(C(=O)NN)nc(N)n2)c(OC)c1. The molecule has 0 aliphatic heterocycles. The number of nitrogens with two attached hydrogens (primary N) is 2. The molecule has 5 N–H and O–H groups in total. The van der Waals surface area contributed by atoms with Crippen LogP contribution in [0.2, 0.25) is 0 Å². The fraction of sp³-hybridized carbons (Fsp3) is 0.154. The fourth-order valence-corrected chi connectivity index (χ4v) is 1.80. The number of nitrogens with one attached hydrogen (secondary N) is 1. The fourth-order valence-electron chi connectivity index (χ4n) is 1.80. The second kappa shape index (κ2) is 6.06. The first kappa shape index (κ1) is 14.5. The molecule has 1 aromatic carbocycles. The van der Waals surface area contributed by atoms with Crippen LogP contribution in [0.25, 0.3) is 11.3 Å². The van der Waals surface area contributed by atoms with E-state index >= 15 is 0 Å². The van der Waals surface area contributed by atoms with Crippen molar-refractivity contribution in [1.82, 2.24) is 15.4 Å². The van der Waals surface area contributed by atoms with Gasteiger partial charge in [0, 0.05) is 11.6 Å². The molecule has 0 aliphatic rings. The molecular weight excluding hydrogens is 274 g/mol. The normalized spacial score (nSPS) is 10.0. The molecule has 0 unspecified atom stereocenters. The van der Waals surface area contributed by atoms with Gasteiger partial charge in [-0.2, -0.15) is 0 Å². The number of aromatic nitrogens is 2. The molecule has 1 amide bonds. The summed E-state index contributed by atoms with van der Waals surface area (Å²) in [6.45, 7) is 0. The Labute approximate surface area is 121 Å². The third kappa shape index (κ3) is 3.00. The first-order valence-corrected chi connectivity index (χ1v) is 5.97. The van der Waals surface area contributed by atoms with E-state index in [0.29, 0.717) is 22.8 Å². The predicted octanol–water partition coefficient (Wildman–Crippen LogP) is 0.346. The minimum Gasteiger partial charge on any atom is -0.497 e. The van der Waals surface area contributed by atoms with Crippen LogP contribution >= 0.6 is 0 Å². The van der Waals surface area contributed by atoms with Crippen molar-refractivity contribution in [3.05, 3.63) is 30.0 Å². The molecule has 0 fully saturated rings. The molecule has 1 heterocycles. The van der Waals surface area contributed by atoms with E-state index in [1.54, 1.807) is 25.3 Å². The molecule has 2 rings (SSSR count). The highest BCUT2D eigenvalue weighted by atomic mass is 16.5. The van der Waals surface area contributed by atoms with Crippen LogP contribution in [0.4, 0.5) is 5.95 Å². The van der Waals surface area contributed by atoms with E-state index in [4.69, 9.17) is 21.1 Å². The zero-order chi connectivity index (χ0) is 15.4. The Morgan fingerprint density at radius 2 is 1.95 bits per heavy atom. The average Bonchev–Trinajstić information content (AvgIpc) is 2.52. The minimum atomic E-state index is -0.558. The van der Waals surface area contributed by atoms with Gasteiger partial charge in [0.1, 0.15) is 17.2 Å². The quantitative estimate of drug-likeness (QED) is 0.421. The number of carbonyl (C=O) groups excluding carboxylic acids is 1. The van der Waals surface area contributed by atoms with Crippen LogP contribution in [-0.4, -0.2) is 30.1 Å². The van der Waals surface area contributed by atoms with Crippen molar-refractivity contribution in [3.8, 4) is 22.8 Å². The van der Waals surface area contributed by atoms with Crippen LogP contribution in [0.3, 0.4) is 0 Å². The van der Waals surface area contributed by atoms with Gasteiger partial charge in [0.2, 0.25) is 5.95 Å². The summed E-state index contributed by atoms with van der Waals surface area (Å²) in [4.78, 5) is 19.5. The number of amides is 1. The van der Waals surface area contributed by atoms with E-state index in [0.717, 1.165) is 0 Å². The zero-order valence-corrected chi connectivity index (χ0v) is 11.6. The molecule has 8 heteroatoms. The lowest BCUT2D eigenvalue weighted by atomic mass is 10.1. The van der Waals surface area contributed by atoms with E-state index < -0.39 is 5.91 Å². The Morgan fingerprint density at radius 1 is 1.19 bits per heavy atom. The third-order valence-electron chi connectivity index (χ3n) is 2.79. The molecule has 0 atom stereocenters. The molecule has 0 saturated carbocycles. The Kier molecular flexibility index (Phi) is 4.19. The number of methoxy groups -OCH3 is 2. The highest BCUT2D eigenvalue weighted by Crippen LogP contribution is 2.32. The molecule has 8 nitrogen and oxygen atoms in total. The van der Waals surface area contributed by atoms with Crippen molar-refractivity contribution in [2.24, 2.45) is 5.84 Å². The van der Waals surface area contributed by atoms with Crippen molar-refractivity contribution in [1.29, 1.82) is 0 Å². The van der Waals surface area contributed by atoms with Crippen molar-refractivity contribution in [3.63, 3.8) is 0 Å². The smallest absolute Gasteiger partial charge is 0.283 e. The van der Waals surface area contributed by atoms with Crippen molar-refractivity contribution in [2.75, 3.05) is 20.0 Å². The van der Waals surface area contributed by atoms with Gasteiger partial charge in [-0.3, -0.25) is 10.2 Å². The van der Waals surface area contributed by atoms with Crippen LogP contribution in [0.5, 0.6) is 11.5 Å². The maximum absolute atomic E-state index is 11.6. The number of rotatable bonds is 4. The summed E-state index contributed by atoms with van der Waals surface area (Å²) < 4.78 is 10.4. The lowest BCUT2D eigenvalue weighted by Gasteiger charge is -2.11. The monoisotopic (exact) mass is 289 g/mol. The number of anilines is 1. The van der Waals surface area contributed by atoms with E-state index in [1.165, 1.54) is 13.2 Å². The van der Waals surface area contributed by atoms with Crippen LogP contribution in [0.1, 0.15) is 10.5 Å². The molecule has 21 heavy (non-hydrogen) atoms. The summed E-state index contributed by atoms with van der Waals surface area (Å²) in [5.74, 6) is 5.67. The largest absolute Gasteiger partial charge is 0.497 e. The Morgan fingerprint density at radius 3 is 2.57 bits per heavy atom. The number of carbonyl (C=O) groups is 1. The molecule has 1 aromatic heterocycles. The molecule has 2 aromatic rings. The number of benzene rings is 1. The summed E-state index contributed by atoms with van der Waals surface area (Å²) in [6.07, 6.45) is 0. The van der Waals surface area contributed by atoms with Crippen molar-refractivity contribution < 1.29 is 14.3 Å². The van der Waals surface area contributed by atoms with Gasteiger partial charge in [-0.05, 0) is 18.2 Å². The van der Waals surface area contributed by atoms with Crippen molar-refractivity contribution in [2.45, 2.75) is 0 Å². The minimum absolute atomic E-state index is 0.0380. The number of hydrogen-bond donors (Lipinski definition) is 3. The van der Waals surface area contributed by atoms with E-state index in [-0.39, 0.29) is 11.6 Å². The number of hydrazine groups is 1. The molecule has 0 spiro atoms. The number of nitrogen functional groups attached to an aromatic ring is 2. The summed E-state index contributed by atoms with van der Waals surface area (Å²) in [7, 11) is 3.08. The molecule has 0 bridgehead atoms. The van der Waals surface area contributed by atoms with Gasteiger partial charge >= 0.3 is 0 Å². The van der Waals surface area contributed by atoms with Gasteiger partial charge in [-0.1, -0.05) is 0 Å². The first-order valence-electron chi connectivity index (χ1n) is 5.97. The van der Waals surface area contributed by atoms with E-state index in [2.05, 4.69) is 9.97 Å². The van der Waals surface area contributed by atoms with Gasteiger partial charge in [0.25, 0.3) is 5.91 Å². The average molecular weight is 289 g/mol. The maximum atomic E-state index is 11.6. The molecule has 0 aliphatic carbocycles. The van der Waals surface area contributed by atoms with Crippen LogP contribution in [0.15, 0.2) is 24.3 Å². The van der Waals surface area contributed by atoms with Crippen LogP contribution in [0, 0.1) is 0 Å². The standard InChI is InChI=1S/C13H15N5O3/c1-20-7-3-4-8(11(5-7)21-2)9-6-10(12(19)18-15)17-13(14)16-9/h3-6H,15H2,1-2H3,(H,18,19)(H2,14,16,17). The number of nitrogens with zero attached hydrogens (tertiary/aromatic N) is 2. The van der Waals surface area contributed by atoms with Crippen LogP contribution in [-0.2, 0) is 0 Å². The topological polar surface area (TPSA) is 125 Å². The molecular formula is C13H15N5O3. The van der Waals surface area contributed by atoms with Gasteiger partial charge in [-0.25, -0.2) is 15.8 Å². The maximum Gasteiger partial charge on any atom is 0.283 e. The predicted molar refractivity (Wildman–Crippen MR) is 76.6 cm³/mol. The lowest BCUT2D eigenvalue weighted by molar-refractivity contribution is 0.0948. The van der Waals surface area contributed by atoms with Gasteiger partial charge in [0.05, 0.1) is 19.9 Å². The summed E-state index contributed by atoms with van der Waals surface area (Å²) in [5, 5.41) is 0. The Bertz CT molecular complexity index is 675. The van der Waals surface area contributed by atoms with Gasteiger partial charge in [0.15, 0.2) is 0 Å². The zero-order valence-electron chi connectivity index (χ0n) is 11.6. The van der Waals surface area contributed by atoms with Crippen LogP contribution < -0.4 is 26.5 Å². The first-order chi connectivity index (χ1) is 10.1. The highest BCUT2D eigenvalue weighted by molar-refractivity contribution is 5.93. The van der Waals surface area contributed by atoms with E-state index in [1.807, 2.05) is 5.43 Å². The van der Waals surface area contributed by atoms with Gasteiger partial charge in [-0.15, -0.1) is 0 Å². The van der Waals surface area contributed by atoms with E-state index in [9.17, 15) is 4.79 Å².